The predicted molar refractivity (Wildman–Crippen MR) is 72.0 cm³/mol. The molecule has 1 fully saturated rings. The Hall–Kier alpha value is -2.51. The predicted octanol–water partition coefficient (Wildman–Crippen LogP) is 2.05. The minimum absolute atomic E-state index is 0.132. The molecule has 0 spiro atoms. The Labute approximate surface area is 119 Å². The summed E-state index contributed by atoms with van der Waals surface area (Å²) in [5, 5.41) is 22.9. The van der Waals surface area contributed by atoms with Crippen LogP contribution >= 0.6 is 0 Å². The van der Waals surface area contributed by atoms with Crippen molar-refractivity contribution in [1.82, 2.24) is 4.90 Å². The van der Waals surface area contributed by atoms with Gasteiger partial charge in [0.05, 0.1) is 16.7 Å². The monoisotopic (exact) mass is 295 g/mol. The maximum absolute atomic E-state index is 13.1. The second-order valence-corrected chi connectivity index (χ2v) is 4.91. The van der Waals surface area contributed by atoms with Crippen LogP contribution in [0.2, 0.25) is 0 Å². The van der Waals surface area contributed by atoms with Crippen LogP contribution in [0.25, 0.3) is 0 Å². The van der Waals surface area contributed by atoms with Gasteiger partial charge in [-0.05, 0) is 12.1 Å². The van der Waals surface area contributed by atoms with Gasteiger partial charge in [-0.25, -0.2) is 4.39 Å². The molecule has 1 heterocycles. The Balaban J connectivity index is 2.27. The zero-order valence-corrected chi connectivity index (χ0v) is 11.3. The number of likely N-dealkylation sites (tertiary alicyclic amines) is 1. The number of hydrogen-bond donors (Lipinski definition) is 1. The summed E-state index contributed by atoms with van der Waals surface area (Å²) < 4.78 is 13.1. The number of benzene rings is 1. The molecule has 1 aliphatic rings. The van der Waals surface area contributed by atoms with E-state index in [0.717, 1.165) is 18.2 Å². The highest BCUT2D eigenvalue weighted by Gasteiger charge is 2.30. The molecule has 0 aromatic heterocycles. The van der Waals surface area contributed by atoms with Crippen LogP contribution in [0.3, 0.4) is 0 Å². The molecule has 1 aromatic rings. The molecule has 1 aliphatic heterocycles. The number of halogens is 1. The SMILES string of the molecule is CC1CN(C(=O)c2ccc(F)cc2[N+](=O)[O-])CC/C1=N\O. The molecule has 1 unspecified atom stereocenters. The van der Waals surface area contributed by atoms with E-state index in [0.29, 0.717) is 25.2 Å². The molecular weight excluding hydrogens is 281 g/mol. The number of piperidine rings is 1. The maximum atomic E-state index is 13.1. The fourth-order valence-electron chi connectivity index (χ4n) is 2.36. The van der Waals surface area contributed by atoms with E-state index in [9.17, 15) is 19.3 Å². The van der Waals surface area contributed by atoms with Gasteiger partial charge in [0.2, 0.25) is 0 Å². The molecule has 1 amide bonds. The number of nitro benzene ring substituents is 1. The summed E-state index contributed by atoms with van der Waals surface area (Å²) in [6.45, 7) is 2.40. The molecule has 1 N–H and O–H groups in total. The van der Waals surface area contributed by atoms with Gasteiger partial charge in [-0.2, -0.15) is 0 Å². The molecule has 7 nitrogen and oxygen atoms in total. The van der Waals surface area contributed by atoms with Crippen LogP contribution in [-0.4, -0.2) is 39.7 Å². The zero-order valence-electron chi connectivity index (χ0n) is 11.3. The molecule has 0 radical (unpaired) electrons. The van der Waals surface area contributed by atoms with Crippen molar-refractivity contribution >= 4 is 17.3 Å². The van der Waals surface area contributed by atoms with Crippen molar-refractivity contribution in [3.05, 3.63) is 39.7 Å². The summed E-state index contributed by atoms with van der Waals surface area (Å²) in [6.07, 6.45) is 0.401. The van der Waals surface area contributed by atoms with Crippen molar-refractivity contribution in [3.63, 3.8) is 0 Å². The molecule has 112 valence electrons. The van der Waals surface area contributed by atoms with Gasteiger partial charge < -0.3 is 10.1 Å². The lowest BCUT2D eigenvalue weighted by Crippen LogP contribution is -2.43. The lowest BCUT2D eigenvalue weighted by atomic mass is 9.97. The van der Waals surface area contributed by atoms with Gasteiger partial charge in [0.25, 0.3) is 11.6 Å². The average Bonchev–Trinajstić information content (AvgIpc) is 2.46. The molecule has 21 heavy (non-hydrogen) atoms. The molecule has 1 aromatic carbocycles. The van der Waals surface area contributed by atoms with Crippen molar-refractivity contribution in [2.45, 2.75) is 13.3 Å². The van der Waals surface area contributed by atoms with Crippen LogP contribution in [0.5, 0.6) is 0 Å². The normalized spacial score (nSPS) is 20.6. The number of amides is 1. The highest BCUT2D eigenvalue weighted by Crippen LogP contribution is 2.23. The molecule has 1 saturated heterocycles. The highest BCUT2D eigenvalue weighted by atomic mass is 19.1. The summed E-state index contributed by atoms with van der Waals surface area (Å²) >= 11 is 0. The Morgan fingerprint density at radius 3 is 2.86 bits per heavy atom. The van der Waals surface area contributed by atoms with Gasteiger partial charge in [0, 0.05) is 25.4 Å². The molecule has 0 aliphatic carbocycles. The number of hydrogen-bond acceptors (Lipinski definition) is 5. The van der Waals surface area contributed by atoms with Crippen molar-refractivity contribution in [3.8, 4) is 0 Å². The third kappa shape index (κ3) is 2.99. The number of carbonyl (C=O) groups excluding carboxylic acids is 1. The van der Waals surface area contributed by atoms with Gasteiger partial charge in [0.15, 0.2) is 0 Å². The molecular formula is C13H14FN3O4. The van der Waals surface area contributed by atoms with Crippen molar-refractivity contribution in [2.75, 3.05) is 13.1 Å². The van der Waals surface area contributed by atoms with E-state index in [2.05, 4.69) is 5.16 Å². The quantitative estimate of drug-likeness (QED) is 0.513. The van der Waals surface area contributed by atoms with E-state index in [4.69, 9.17) is 5.21 Å². The van der Waals surface area contributed by atoms with Crippen molar-refractivity contribution in [2.24, 2.45) is 11.1 Å². The van der Waals surface area contributed by atoms with Gasteiger partial charge >= 0.3 is 0 Å². The minimum atomic E-state index is -0.774. The van der Waals surface area contributed by atoms with E-state index < -0.39 is 22.3 Å². The Kier molecular flexibility index (Phi) is 4.15. The number of nitrogens with zero attached hydrogens (tertiary/aromatic N) is 3. The number of rotatable bonds is 2. The van der Waals surface area contributed by atoms with Crippen LogP contribution in [0.15, 0.2) is 23.4 Å². The van der Waals surface area contributed by atoms with Crippen molar-refractivity contribution < 1.29 is 19.3 Å². The van der Waals surface area contributed by atoms with Gasteiger partial charge in [-0.3, -0.25) is 14.9 Å². The minimum Gasteiger partial charge on any atom is -0.411 e. The van der Waals surface area contributed by atoms with Crippen LogP contribution in [0.4, 0.5) is 10.1 Å². The lowest BCUT2D eigenvalue weighted by molar-refractivity contribution is -0.385. The zero-order chi connectivity index (χ0) is 15.6. The number of carbonyl (C=O) groups is 1. The summed E-state index contributed by atoms with van der Waals surface area (Å²) in [5.41, 5.74) is -0.0973. The second kappa shape index (κ2) is 5.86. The summed E-state index contributed by atoms with van der Waals surface area (Å²) in [4.78, 5) is 24.0. The fraction of sp³-hybridized carbons (Fsp3) is 0.385. The Morgan fingerprint density at radius 1 is 1.57 bits per heavy atom. The van der Waals surface area contributed by atoms with Gasteiger partial charge in [-0.15, -0.1) is 0 Å². The highest BCUT2D eigenvalue weighted by molar-refractivity contribution is 5.99. The molecule has 2 rings (SSSR count). The van der Waals surface area contributed by atoms with Gasteiger partial charge in [0.1, 0.15) is 11.4 Å². The molecule has 0 saturated carbocycles. The molecule has 1 atom stereocenters. The van der Waals surface area contributed by atoms with Crippen LogP contribution < -0.4 is 0 Å². The standard InChI is InChI=1S/C13H14FN3O4/c1-8-7-16(5-4-11(8)15-19)13(18)10-3-2-9(14)6-12(10)17(20)21/h2-3,6,8,19H,4-5,7H2,1H3/b15-11+. The van der Waals surface area contributed by atoms with E-state index in [1.807, 2.05) is 0 Å². The number of nitro groups is 1. The van der Waals surface area contributed by atoms with E-state index in [1.165, 1.54) is 4.90 Å². The molecule has 0 bridgehead atoms. The second-order valence-electron chi connectivity index (χ2n) is 4.91. The fourth-order valence-corrected chi connectivity index (χ4v) is 2.36. The van der Waals surface area contributed by atoms with Crippen molar-refractivity contribution in [1.29, 1.82) is 0 Å². The maximum Gasteiger partial charge on any atom is 0.285 e. The van der Waals surface area contributed by atoms with E-state index in [1.54, 1.807) is 6.92 Å². The first-order chi connectivity index (χ1) is 9.93. The Morgan fingerprint density at radius 2 is 2.29 bits per heavy atom. The third-order valence-electron chi connectivity index (χ3n) is 3.50. The number of oxime groups is 1. The average molecular weight is 295 g/mol. The topological polar surface area (TPSA) is 96.0 Å². The summed E-state index contributed by atoms with van der Waals surface area (Å²) in [5.74, 6) is -1.42. The molecule has 8 heteroatoms. The van der Waals surface area contributed by atoms with E-state index in [-0.39, 0.29) is 11.5 Å². The first-order valence-corrected chi connectivity index (χ1v) is 6.38. The van der Waals surface area contributed by atoms with E-state index >= 15 is 0 Å². The summed E-state index contributed by atoms with van der Waals surface area (Å²) in [6, 6.07) is 2.88. The van der Waals surface area contributed by atoms with Crippen LogP contribution in [0.1, 0.15) is 23.7 Å². The van der Waals surface area contributed by atoms with Gasteiger partial charge in [-0.1, -0.05) is 12.1 Å². The third-order valence-corrected chi connectivity index (χ3v) is 3.50. The lowest BCUT2D eigenvalue weighted by Gasteiger charge is -2.31. The largest absolute Gasteiger partial charge is 0.411 e. The first-order valence-electron chi connectivity index (χ1n) is 6.38. The summed E-state index contributed by atoms with van der Waals surface area (Å²) in [7, 11) is 0. The Bertz CT molecular complexity index is 617. The smallest absolute Gasteiger partial charge is 0.285 e. The first kappa shape index (κ1) is 14.9. The van der Waals surface area contributed by atoms with Crippen LogP contribution in [-0.2, 0) is 0 Å². The van der Waals surface area contributed by atoms with Crippen LogP contribution in [0, 0.1) is 21.8 Å².